The van der Waals surface area contributed by atoms with Crippen LogP contribution < -0.4 is 9.80 Å². The zero-order valence-corrected chi connectivity index (χ0v) is 22.1. The summed E-state index contributed by atoms with van der Waals surface area (Å²) in [6.07, 6.45) is 29.2. The van der Waals surface area contributed by atoms with Gasteiger partial charge >= 0.3 is 0 Å². The highest BCUT2D eigenvalue weighted by atomic mass is 15.2. The summed E-state index contributed by atoms with van der Waals surface area (Å²) in [4.78, 5) is 5.24. The standard InChI is InChI=1S/C36H36N2/c1-5-13-33-29(9-1)30-10-2-6-14-34(30)37(33)27-21-17-25(18-22-27)26-19-23-28(24-20-26)38-35-15-7-3-11-31(35)32-12-4-8-16-36(32)38/h1,7,9-10,12,14-24,29,31,33,35H,2-6,8,11,13H2. The number of allylic oxidation sites excluding steroid dienone is 8. The van der Waals surface area contributed by atoms with Gasteiger partial charge in [-0.15, -0.1) is 0 Å². The van der Waals surface area contributed by atoms with Gasteiger partial charge in [0.1, 0.15) is 0 Å². The minimum atomic E-state index is 0.469. The van der Waals surface area contributed by atoms with Crippen LogP contribution in [0.15, 0.2) is 120 Å². The SMILES string of the molecule is C1=CC2C(CC1)C1=CCCC=C1N2c1ccc(-c2ccc(N3C4=CCCC=C4C4C=CCCC43)cc2)cc1. The molecular weight excluding hydrogens is 460 g/mol. The molecule has 2 fully saturated rings. The van der Waals surface area contributed by atoms with Crippen molar-refractivity contribution < 1.29 is 0 Å². The Morgan fingerprint density at radius 2 is 1.11 bits per heavy atom. The molecule has 4 aliphatic carbocycles. The first-order valence-electron chi connectivity index (χ1n) is 14.8. The molecule has 2 heterocycles. The van der Waals surface area contributed by atoms with Crippen LogP contribution in [0.3, 0.4) is 0 Å². The average molecular weight is 497 g/mol. The molecule has 6 aliphatic rings. The second-order valence-corrected chi connectivity index (χ2v) is 11.7. The first kappa shape index (κ1) is 22.5. The van der Waals surface area contributed by atoms with Crippen molar-refractivity contribution in [3.63, 3.8) is 0 Å². The number of rotatable bonds is 3. The third-order valence-corrected chi connectivity index (χ3v) is 9.64. The Balaban J connectivity index is 1.07. The maximum Gasteiger partial charge on any atom is 0.0591 e. The second-order valence-electron chi connectivity index (χ2n) is 11.7. The lowest BCUT2D eigenvalue weighted by molar-refractivity contribution is 0.528. The van der Waals surface area contributed by atoms with Crippen LogP contribution in [0.4, 0.5) is 11.4 Å². The normalized spacial score (nSPS) is 29.1. The summed E-state index contributed by atoms with van der Waals surface area (Å²) >= 11 is 0. The number of benzene rings is 2. The molecule has 0 amide bonds. The topological polar surface area (TPSA) is 6.48 Å². The van der Waals surface area contributed by atoms with Crippen LogP contribution in [0.1, 0.15) is 51.4 Å². The van der Waals surface area contributed by atoms with E-state index in [-0.39, 0.29) is 0 Å². The largest absolute Gasteiger partial charge is 0.337 e. The first-order valence-corrected chi connectivity index (χ1v) is 14.8. The second kappa shape index (κ2) is 9.05. The molecular formula is C36H36N2. The summed E-state index contributed by atoms with van der Waals surface area (Å²) < 4.78 is 0. The molecule has 2 nitrogen and oxygen atoms in total. The van der Waals surface area contributed by atoms with E-state index >= 15 is 0 Å². The number of anilines is 2. The molecule has 4 atom stereocenters. The van der Waals surface area contributed by atoms with Crippen LogP contribution in [0, 0.1) is 11.8 Å². The highest BCUT2D eigenvalue weighted by molar-refractivity contribution is 5.73. The Kier molecular flexibility index (Phi) is 5.35. The van der Waals surface area contributed by atoms with Crippen LogP contribution in [0.2, 0.25) is 0 Å². The van der Waals surface area contributed by atoms with Gasteiger partial charge in [-0.25, -0.2) is 0 Å². The molecule has 0 bridgehead atoms. The molecule has 2 aromatic rings. The summed E-state index contributed by atoms with van der Waals surface area (Å²) in [7, 11) is 0. The summed E-state index contributed by atoms with van der Waals surface area (Å²) in [5.74, 6) is 1.21. The molecule has 0 radical (unpaired) electrons. The lowest BCUT2D eigenvalue weighted by Gasteiger charge is -2.31. The molecule has 0 saturated carbocycles. The minimum Gasteiger partial charge on any atom is -0.337 e. The molecule has 4 unspecified atom stereocenters. The first-order chi connectivity index (χ1) is 18.9. The van der Waals surface area contributed by atoms with Gasteiger partial charge in [-0.1, -0.05) is 72.9 Å². The average Bonchev–Trinajstić information content (AvgIpc) is 3.51. The highest BCUT2D eigenvalue weighted by Gasteiger charge is 2.42. The van der Waals surface area contributed by atoms with Crippen molar-refractivity contribution in [2.75, 3.05) is 9.80 Å². The zero-order chi connectivity index (χ0) is 25.1. The molecule has 8 rings (SSSR count). The van der Waals surface area contributed by atoms with E-state index in [9.17, 15) is 0 Å². The molecule has 38 heavy (non-hydrogen) atoms. The van der Waals surface area contributed by atoms with Gasteiger partial charge in [0.15, 0.2) is 0 Å². The number of nitrogens with zero attached hydrogens (tertiary/aromatic N) is 2. The van der Waals surface area contributed by atoms with Crippen LogP contribution in [0.5, 0.6) is 0 Å². The Bertz CT molecular complexity index is 1430. The third kappa shape index (κ3) is 3.46. The van der Waals surface area contributed by atoms with E-state index in [4.69, 9.17) is 0 Å². The number of hydrogen-bond acceptors (Lipinski definition) is 2. The van der Waals surface area contributed by atoms with Crippen molar-refractivity contribution in [3.05, 3.63) is 120 Å². The van der Waals surface area contributed by atoms with Gasteiger partial charge < -0.3 is 9.80 Å². The van der Waals surface area contributed by atoms with Crippen molar-refractivity contribution >= 4 is 11.4 Å². The van der Waals surface area contributed by atoms with E-state index in [1.807, 2.05) is 0 Å². The van der Waals surface area contributed by atoms with Crippen LogP contribution >= 0.6 is 0 Å². The van der Waals surface area contributed by atoms with Crippen molar-refractivity contribution in [2.45, 2.75) is 63.5 Å². The predicted molar refractivity (Wildman–Crippen MR) is 159 cm³/mol. The smallest absolute Gasteiger partial charge is 0.0591 e. The lowest BCUT2D eigenvalue weighted by atomic mass is 9.85. The number of fused-ring (bicyclic) bond motifs is 6. The molecule has 2 heteroatoms. The molecule has 2 saturated heterocycles. The Labute approximate surface area is 227 Å². The molecule has 0 spiro atoms. The maximum absolute atomic E-state index is 2.64. The summed E-state index contributed by atoms with van der Waals surface area (Å²) in [5, 5.41) is 0. The van der Waals surface area contributed by atoms with Crippen molar-refractivity contribution in [1.82, 2.24) is 0 Å². The molecule has 0 N–H and O–H groups in total. The van der Waals surface area contributed by atoms with Gasteiger partial charge in [-0.05, 0) is 97.9 Å². The Morgan fingerprint density at radius 3 is 1.84 bits per heavy atom. The molecule has 0 aromatic heterocycles. The quantitative estimate of drug-likeness (QED) is 0.392. The summed E-state index contributed by atoms with van der Waals surface area (Å²) in [6.45, 7) is 0. The fourth-order valence-corrected chi connectivity index (χ4v) is 7.94. The summed E-state index contributed by atoms with van der Waals surface area (Å²) in [5.41, 5.74) is 11.3. The van der Waals surface area contributed by atoms with Gasteiger partial charge in [-0.2, -0.15) is 0 Å². The lowest BCUT2D eigenvalue weighted by Crippen LogP contribution is -2.32. The fraction of sp³-hybridized carbons (Fsp3) is 0.333. The van der Waals surface area contributed by atoms with E-state index in [2.05, 4.69) is 107 Å². The monoisotopic (exact) mass is 496 g/mol. The van der Waals surface area contributed by atoms with E-state index in [0.717, 1.165) is 12.8 Å². The maximum atomic E-state index is 2.64. The van der Waals surface area contributed by atoms with E-state index in [0.29, 0.717) is 23.9 Å². The van der Waals surface area contributed by atoms with Gasteiger partial charge in [-0.3, -0.25) is 0 Å². The van der Waals surface area contributed by atoms with Crippen molar-refractivity contribution in [1.29, 1.82) is 0 Å². The van der Waals surface area contributed by atoms with Gasteiger partial charge in [0, 0.05) is 40.6 Å². The molecule has 2 aromatic carbocycles. The van der Waals surface area contributed by atoms with Crippen molar-refractivity contribution in [2.24, 2.45) is 11.8 Å². The summed E-state index contributed by atoms with van der Waals surface area (Å²) in [6, 6.07) is 19.7. The third-order valence-electron chi connectivity index (χ3n) is 9.64. The Hall–Kier alpha value is -3.52. The van der Waals surface area contributed by atoms with Gasteiger partial charge in [0.2, 0.25) is 0 Å². The predicted octanol–water partition coefficient (Wildman–Crippen LogP) is 8.87. The fourth-order valence-electron chi connectivity index (χ4n) is 7.94. The Morgan fingerprint density at radius 1 is 0.526 bits per heavy atom. The molecule has 2 aliphatic heterocycles. The minimum absolute atomic E-state index is 0.469. The van der Waals surface area contributed by atoms with Gasteiger partial charge in [0.05, 0.1) is 6.04 Å². The van der Waals surface area contributed by atoms with Crippen LogP contribution in [-0.4, -0.2) is 12.1 Å². The van der Waals surface area contributed by atoms with E-state index < -0.39 is 0 Å². The van der Waals surface area contributed by atoms with E-state index in [1.165, 1.54) is 72.4 Å². The number of hydrogen-bond donors (Lipinski definition) is 0. The molecule has 190 valence electrons. The van der Waals surface area contributed by atoms with Crippen molar-refractivity contribution in [3.8, 4) is 11.1 Å². The van der Waals surface area contributed by atoms with Gasteiger partial charge in [0.25, 0.3) is 0 Å². The van der Waals surface area contributed by atoms with E-state index in [1.54, 1.807) is 11.1 Å². The van der Waals surface area contributed by atoms with Crippen LogP contribution in [0.25, 0.3) is 11.1 Å². The van der Waals surface area contributed by atoms with Crippen LogP contribution in [-0.2, 0) is 0 Å². The highest BCUT2D eigenvalue weighted by Crippen LogP contribution is 2.49. The zero-order valence-electron chi connectivity index (χ0n) is 22.1.